The van der Waals surface area contributed by atoms with Gasteiger partial charge < -0.3 is 74.5 Å². The third kappa shape index (κ3) is 24.2. The third-order valence-electron chi connectivity index (χ3n) is 22.5. The first-order chi connectivity index (χ1) is 64.8. The standard InChI is InChI=1S/3C25H23F3N3.C12H10N5.C9H12N5.C7H8N5.3Pt/c3*1-14(2)16-10-7-11-17(15(3)4)23(16)20-13-29-24(19-9-6-5-8-18(19)20)21-12-22(31-30-21)25(26,27)28;1-9-14-11(16-15-9)12-13-7-8-17(12)10-5-3-2-4-6-10;1-6(2)14-5-4-10-9(14)8-11-7(3)12-13-8;1-5-9-6(11-10-5)7-8-3-4-12(7)2;;;/h3*5-15H,1-4H3;2-8H,1H3;4-6H,1-3H3;3-4H,1-2H3;;;/q6*-1;3*+2. The van der Waals surface area contributed by atoms with Crippen molar-refractivity contribution in [2.75, 3.05) is 0 Å². The molecule has 12 heterocycles. The summed E-state index contributed by atoms with van der Waals surface area (Å²) in [5.74, 6) is 7.82. The van der Waals surface area contributed by atoms with Crippen LogP contribution in [-0.2, 0) is 88.8 Å². The van der Waals surface area contributed by atoms with Crippen LogP contribution < -0.4 is 30.6 Å². The minimum absolute atomic E-state index is 0. The van der Waals surface area contributed by atoms with Gasteiger partial charge in [-0.15, -0.1) is 0 Å². The zero-order valence-electron chi connectivity index (χ0n) is 79.1. The second kappa shape index (κ2) is 45.7. The van der Waals surface area contributed by atoms with Crippen LogP contribution in [0.5, 0.6) is 0 Å². The average molecular weight is 2430 g/mol. The molecule has 0 bridgehead atoms. The van der Waals surface area contributed by atoms with Gasteiger partial charge in [0.2, 0.25) is 0 Å². The molecule has 0 aliphatic rings. The molecular weight excluding hydrogens is 2330 g/mol. The van der Waals surface area contributed by atoms with Gasteiger partial charge in [0.1, 0.15) is 34.6 Å². The predicted molar refractivity (Wildman–Crippen MR) is 507 cm³/mol. The number of imidazole rings is 3. The van der Waals surface area contributed by atoms with E-state index in [4.69, 9.17) is 0 Å². The Morgan fingerprint density at radius 1 is 0.295 bits per heavy atom. The summed E-state index contributed by atoms with van der Waals surface area (Å²) < 4.78 is 123. The second-order valence-electron chi connectivity index (χ2n) is 34.5. The number of para-hydroxylation sites is 1. The Kier molecular flexibility index (Phi) is 34.9. The number of pyridine rings is 3. The Labute approximate surface area is 841 Å². The number of nitrogens with zero attached hydrogens (tertiary/aromatic N) is 24. The fourth-order valence-electron chi connectivity index (χ4n) is 16.0. The maximum Gasteiger partial charge on any atom is 2.00 e. The maximum absolute atomic E-state index is 13.0. The molecule has 0 aliphatic heterocycles. The smallest absolute Gasteiger partial charge is 0.573 e. The van der Waals surface area contributed by atoms with Crippen molar-refractivity contribution in [2.45, 2.75) is 178 Å². The van der Waals surface area contributed by atoms with Gasteiger partial charge in [-0.2, -0.15) is 39.5 Å². The van der Waals surface area contributed by atoms with Crippen LogP contribution in [0.25, 0.3) is 140 Å². The number of hydrogen-bond acceptors (Lipinski definition) is 15. The van der Waals surface area contributed by atoms with Gasteiger partial charge in [0.15, 0.2) is 0 Å². The number of aromatic nitrogens is 24. The molecule has 139 heavy (non-hydrogen) atoms. The summed E-state index contributed by atoms with van der Waals surface area (Å²) in [7, 11) is 1.90. The Balaban J connectivity index is 0.000000164. The van der Waals surface area contributed by atoms with Gasteiger partial charge in [-0.3, -0.25) is 30.2 Å². The van der Waals surface area contributed by atoms with E-state index in [0.717, 1.165) is 101 Å². The Hall–Kier alpha value is -13.1. The molecule has 24 nitrogen and oxygen atoms in total. The molecule has 0 fully saturated rings. The molecule has 7 aromatic carbocycles. The van der Waals surface area contributed by atoms with Crippen molar-refractivity contribution in [3.05, 3.63) is 300 Å². The van der Waals surface area contributed by atoms with Crippen molar-refractivity contribution >= 4 is 32.3 Å². The van der Waals surface area contributed by atoms with E-state index < -0.39 is 35.6 Å². The van der Waals surface area contributed by atoms with Crippen LogP contribution in [0.1, 0.15) is 206 Å². The van der Waals surface area contributed by atoms with Gasteiger partial charge in [-0.1, -0.05) is 246 Å². The molecule has 36 heteroatoms. The van der Waals surface area contributed by atoms with Gasteiger partial charge in [-0.05, 0) is 167 Å². The first kappa shape index (κ1) is 106. The van der Waals surface area contributed by atoms with Gasteiger partial charge >= 0.3 is 81.7 Å². The fraction of sp³-hybridized carbons (Fsp3) is 0.272. The van der Waals surface area contributed by atoms with Crippen LogP contribution in [0.4, 0.5) is 39.5 Å². The molecule has 0 saturated heterocycles. The van der Waals surface area contributed by atoms with Crippen LogP contribution in [0.2, 0.25) is 0 Å². The van der Waals surface area contributed by atoms with E-state index in [2.05, 4.69) is 258 Å². The first-order valence-corrected chi connectivity index (χ1v) is 44.2. The molecule has 0 aliphatic carbocycles. The maximum atomic E-state index is 13.0. The summed E-state index contributed by atoms with van der Waals surface area (Å²) in [6.45, 7) is 35.5. The van der Waals surface area contributed by atoms with Crippen molar-refractivity contribution in [1.82, 2.24) is 120 Å². The Morgan fingerprint density at radius 2 is 0.576 bits per heavy atom. The molecule has 19 rings (SSSR count). The van der Waals surface area contributed by atoms with Crippen LogP contribution in [0.15, 0.2) is 232 Å². The van der Waals surface area contributed by atoms with E-state index in [-0.39, 0.29) is 80.3 Å². The number of halogens is 9. The van der Waals surface area contributed by atoms with Crippen LogP contribution >= 0.6 is 0 Å². The quantitative estimate of drug-likeness (QED) is 0.0765. The van der Waals surface area contributed by atoms with Crippen LogP contribution in [-0.4, -0.2) is 89.1 Å². The molecule has 724 valence electrons. The van der Waals surface area contributed by atoms with Gasteiger partial charge in [-0.25, -0.2) is 15.0 Å². The number of rotatable bonds is 17. The number of aryl methyl sites for hydroxylation is 4. The van der Waals surface area contributed by atoms with Crippen LogP contribution in [0.3, 0.4) is 0 Å². The summed E-state index contributed by atoms with van der Waals surface area (Å²) in [6, 6.07) is 55.1. The summed E-state index contributed by atoms with van der Waals surface area (Å²) in [4.78, 5) is 38.9. The molecule has 12 aromatic heterocycles. The van der Waals surface area contributed by atoms with E-state index in [1.807, 2.05) is 156 Å². The van der Waals surface area contributed by atoms with Crippen LogP contribution in [0, 0.1) is 20.8 Å². The minimum atomic E-state index is -4.54. The number of alkyl halides is 9. The minimum Gasteiger partial charge on any atom is -0.573 e. The molecular formula is C103H99F9N24Pt3. The topological polar surface area (TPSA) is 293 Å². The largest absolute Gasteiger partial charge is 2.00 e. The first-order valence-electron chi connectivity index (χ1n) is 44.2. The van der Waals surface area contributed by atoms with E-state index in [0.29, 0.717) is 99.4 Å². The molecule has 0 radical (unpaired) electrons. The van der Waals surface area contributed by atoms with Crippen molar-refractivity contribution in [3.8, 4) is 108 Å². The summed E-state index contributed by atoms with van der Waals surface area (Å²) in [6.07, 6.45) is 2.50. The van der Waals surface area contributed by atoms with Gasteiger partial charge in [0, 0.05) is 142 Å². The molecule has 19 aromatic rings. The second-order valence-corrected chi connectivity index (χ2v) is 34.5. The molecule has 0 N–H and O–H groups in total. The number of fused-ring (bicyclic) bond motifs is 3. The van der Waals surface area contributed by atoms with Crippen molar-refractivity contribution in [3.63, 3.8) is 0 Å². The molecule has 0 amide bonds. The van der Waals surface area contributed by atoms with Crippen molar-refractivity contribution in [2.24, 2.45) is 7.05 Å². The monoisotopic (exact) mass is 2430 g/mol. The summed E-state index contributed by atoms with van der Waals surface area (Å²) in [5.41, 5.74) is 13.2. The zero-order chi connectivity index (χ0) is 97.4. The number of benzene rings is 7. The van der Waals surface area contributed by atoms with Crippen molar-refractivity contribution in [1.29, 1.82) is 0 Å². The Bertz CT molecular complexity index is 6760. The average Bonchev–Trinajstić information content (AvgIpc) is 1.47. The van der Waals surface area contributed by atoms with E-state index in [1.54, 1.807) is 44.1 Å². The molecule has 0 unspecified atom stereocenters. The third-order valence-corrected chi connectivity index (χ3v) is 22.5. The molecule has 0 saturated carbocycles. The predicted octanol–water partition coefficient (Wildman–Crippen LogP) is 24.5. The zero-order valence-corrected chi connectivity index (χ0v) is 85.9. The summed E-state index contributed by atoms with van der Waals surface area (Å²) >= 11 is 0. The van der Waals surface area contributed by atoms with E-state index in [1.165, 1.54) is 33.4 Å². The fourth-order valence-corrected chi connectivity index (χ4v) is 16.0. The van der Waals surface area contributed by atoms with E-state index in [9.17, 15) is 39.5 Å². The SMILES string of the molecule is CC(C)c1cccc(C(C)C)c1-c1cnc(-c2cc(C(F)(F)F)n[n-]2)c2ccccc12.CC(C)c1cccc(C(C)C)c1-c1cnc(-c2cc(C(F)(F)F)n[n-]2)c2ccccc12.CC(C)c1cccc(C(C)C)c1-c1cnc(-c2cc(C(F)(F)F)n[n-]2)c2ccccc12.Cc1n[n-]c(-c2nccn2-c2ccccc2)n1.Cc1n[n-]c(-c2nccn2C(C)C)n1.Cc1n[n-]c(-c2nccn2C)n1.[Pt+2].[Pt+2].[Pt+2]. The normalized spacial score (nSPS) is 11.6. The molecule has 0 spiro atoms. The summed E-state index contributed by atoms with van der Waals surface area (Å²) in [5, 5.41) is 49.7. The van der Waals surface area contributed by atoms with Crippen molar-refractivity contribution < 1.29 is 103 Å². The Morgan fingerprint density at radius 3 is 0.856 bits per heavy atom. The number of hydrogen-bond donors (Lipinski definition) is 0. The van der Waals surface area contributed by atoms with E-state index >= 15 is 0 Å². The molecule has 0 atom stereocenters. The van der Waals surface area contributed by atoms with Gasteiger partial charge in [0.05, 0.1) is 17.1 Å². The van der Waals surface area contributed by atoms with Gasteiger partial charge in [0.25, 0.3) is 0 Å².